The van der Waals surface area contributed by atoms with Crippen LogP contribution in [0.5, 0.6) is 0 Å². The van der Waals surface area contributed by atoms with Crippen LogP contribution in [0, 0.1) is 5.92 Å². The number of benzene rings is 1. The highest BCUT2D eigenvalue weighted by Gasteiger charge is 2.20. The summed E-state index contributed by atoms with van der Waals surface area (Å²) >= 11 is 0. The smallest absolute Gasteiger partial charge is 0.253 e. The van der Waals surface area contributed by atoms with E-state index in [0.29, 0.717) is 5.92 Å². The van der Waals surface area contributed by atoms with Gasteiger partial charge >= 0.3 is 0 Å². The third-order valence-electron chi connectivity index (χ3n) is 2.92. The molecular formula is C13H17NO2. The minimum absolute atomic E-state index is 0.0903. The van der Waals surface area contributed by atoms with Gasteiger partial charge in [-0.25, -0.2) is 0 Å². The minimum atomic E-state index is 0.0903. The van der Waals surface area contributed by atoms with Gasteiger partial charge in [-0.1, -0.05) is 18.2 Å². The highest BCUT2D eigenvalue weighted by atomic mass is 16.5. The van der Waals surface area contributed by atoms with E-state index in [4.69, 9.17) is 4.74 Å². The van der Waals surface area contributed by atoms with Crippen molar-refractivity contribution in [2.24, 2.45) is 5.92 Å². The lowest BCUT2D eigenvalue weighted by Crippen LogP contribution is -2.32. The maximum atomic E-state index is 12.0. The quantitative estimate of drug-likeness (QED) is 0.775. The van der Waals surface area contributed by atoms with Gasteiger partial charge in [0.05, 0.1) is 6.61 Å². The zero-order valence-electron chi connectivity index (χ0n) is 9.56. The number of hydrogen-bond acceptors (Lipinski definition) is 2. The molecule has 16 heavy (non-hydrogen) atoms. The van der Waals surface area contributed by atoms with Gasteiger partial charge in [0.25, 0.3) is 5.91 Å². The first-order valence-electron chi connectivity index (χ1n) is 5.65. The highest BCUT2D eigenvalue weighted by Crippen LogP contribution is 2.14. The summed E-state index contributed by atoms with van der Waals surface area (Å²) in [6, 6.07) is 9.40. The van der Waals surface area contributed by atoms with Crippen LogP contribution >= 0.6 is 0 Å². The number of carbonyl (C=O) groups is 1. The largest absolute Gasteiger partial charge is 0.381 e. The molecule has 1 fully saturated rings. The predicted molar refractivity (Wildman–Crippen MR) is 62.3 cm³/mol. The highest BCUT2D eigenvalue weighted by molar-refractivity contribution is 5.93. The van der Waals surface area contributed by atoms with E-state index >= 15 is 0 Å². The fourth-order valence-electron chi connectivity index (χ4n) is 2.00. The van der Waals surface area contributed by atoms with Gasteiger partial charge in [0.2, 0.25) is 0 Å². The second-order valence-electron chi connectivity index (χ2n) is 4.28. The number of nitrogens with zero attached hydrogens (tertiary/aromatic N) is 1. The normalized spacial score (nSPS) is 19.7. The molecule has 1 aromatic carbocycles. The molecule has 0 bridgehead atoms. The summed E-state index contributed by atoms with van der Waals surface area (Å²) in [5.41, 5.74) is 0.754. The summed E-state index contributed by atoms with van der Waals surface area (Å²) < 4.78 is 5.31. The Kier molecular flexibility index (Phi) is 3.57. The molecule has 0 unspecified atom stereocenters. The molecule has 2 rings (SSSR count). The summed E-state index contributed by atoms with van der Waals surface area (Å²) in [6.07, 6.45) is 1.06. The van der Waals surface area contributed by atoms with Crippen LogP contribution in [0.4, 0.5) is 0 Å². The van der Waals surface area contributed by atoms with Crippen LogP contribution < -0.4 is 0 Å². The van der Waals surface area contributed by atoms with Gasteiger partial charge in [-0.05, 0) is 18.6 Å². The third-order valence-corrected chi connectivity index (χ3v) is 2.92. The van der Waals surface area contributed by atoms with Gasteiger partial charge in [0.15, 0.2) is 0 Å². The first-order valence-corrected chi connectivity index (χ1v) is 5.65. The van der Waals surface area contributed by atoms with E-state index in [1.54, 1.807) is 4.90 Å². The van der Waals surface area contributed by atoms with Crippen molar-refractivity contribution in [3.8, 4) is 0 Å². The minimum Gasteiger partial charge on any atom is -0.381 e. The van der Waals surface area contributed by atoms with E-state index in [2.05, 4.69) is 0 Å². The lowest BCUT2D eigenvalue weighted by molar-refractivity contribution is 0.0766. The van der Waals surface area contributed by atoms with Crippen LogP contribution in [0.25, 0.3) is 0 Å². The maximum Gasteiger partial charge on any atom is 0.253 e. The molecule has 1 heterocycles. The maximum absolute atomic E-state index is 12.0. The molecule has 1 atom stereocenters. The molecule has 1 saturated heterocycles. The summed E-state index contributed by atoms with van der Waals surface area (Å²) in [4.78, 5) is 13.8. The van der Waals surface area contributed by atoms with Gasteiger partial charge in [-0.15, -0.1) is 0 Å². The zero-order chi connectivity index (χ0) is 11.4. The van der Waals surface area contributed by atoms with Crippen molar-refractivity contribution in [3.63, 3.8) is 0 Å². The van der Waals surface area contributed by atoms with Crippen molar-refractivity contribution in [2.45, 2.75) is 6.42 Å². The van der Waals surface area contributed by atoms with Gasteiger partial charge in [-0.2, -0.15) is 0 Å². The zero-order valence-corrected chi connectivity index (χ0v) is 9.56. The second kappa shape index (κ2) is 5.12. The topological polar surface area (TPSA) is 29.5 Å². The molecule has 0 aromatic heterocycles. The SMILES string of the molecule is CN(C[C@@H]1CCOC1)C(=O)c1ccccc1. The number of rotatable bonds is 3. The Morgan fingerprint density at radius 1 is 1.44 bits per heavy atom. The average Bonchev–Trinajstić information content (AvgIpc) is 2.82. The molecule has 86 valence electrons. The van der Waals surface area contributed by atoms with Gasteiger partial charge < -0.3 is 9.64 Å². The molecule has 0 radical (unpaired) electrons. The van der Waals surface area contributed by atoms with Crippen LogP contribution in [0.15, 0.2) is 30.3 Å². The summed E-state index contributed by atoms with van der Waals surface area (Å²) in [6.45, 7) is 2.40. The summed E-state index contributed by atoms with van der Waals surface area (Å²) in [5.74, 6) is 0.588. The van der Waals surface area contributed by atoms with Gasteiger partial charge in [0.1, 0.15) is 0 Å². The molecular weight excluding hydrogens is 202 g/mol. The Morgan fingerprint density at radius 3 is 2.81 bits per heavy atom. The van der Waals surface area contributed by atoms with Crippen molar-refractivity contribution >= 4 is 5.91 Å². The number of carbonyl (C=O) groups excluding carboxylic acids is 1. The lowest BCUT2D eigenvalue weighted by atomic mass is 10.1. The molecule has 3 heteroatoms. The molecule has 3 nitrogen and oxygen atoms in total. The first kappa shape index (κ1) is 11.1. The van der Waals surface area contributed by atoms with E-state index in [1.165, 1.54) is 0 Å². The Bertz CT molecular complexity index is 344. The standard InChI is InChI=1S/C13H17NO2/c1-14(9-11-7-8-16-10-11)13(15)12-5-3-2-4-6-12/h2-6,11H,7-10H2,1H3/t11-/m0/s1. The van der Waals surface area contributed by atoms with E-state index in [0.717, 1.165) is 31.7 Å². The molecule has 0 spiro atoms. The number of hydrogen-bond donors (Lipinski definition) is 0. The number of amides is 1. The van der Waals surface area contributed by atoms with Crippen LogP contribution in [0.3, 0.4) is 0 Å². The fraction of sp³-hybridized carbons (Fsp3) is 0.462. The van der Waals surface area contributed by atoms with E-state index in [-0.39, 0.29) is 5.91 Å². The van der Waals surface area contributed by atoms with Crippen LogP contribution in [-0.4, -0.2) is 37.6 Å². The summed E-state index contributed by atoms with van der Waals surface area (Å²) in [7, 11) is 1.85. The molecule has 0 aliphatic carbocycles. The first-order chi connectivity index (χ1) is 7.77. The van der Waals surface area contributed by atoms with Crippen LogP contribution in [-0.2, 0) is 4.74 Å². The second-order valence-corrected chi connectivity index (χ2v) is 4.28. The molecule has 1 aliphatic rings. The van der Waals surface area contributed by atoms with Crippen LogP contribution in [0.2, 0.25) is 0 Å². The van der Waals surface area contributed by atoms with E-state index in [1.807, 2.05) is 37.4 Å². The van der Waals surface area contributed by atoms with Crippen molar-refractivity contribution in [2.75, 3.05) is 26.8 Å². The monoisotopic (exact) mass is 219 g/mol. The van der Waals surface area contributed by atoms with Gasteiger partial charge in [0, 0.05) is 31.7 Å². The van der Waals surface area contributed by atoms with Crippen molar-refractivity contribution in [1.29, 1.82) is 0 Å². The number of ether oxygens (including phenoxy) is 1. The average molecular weight is 219 g/mol. The Morgan fingerprint density at radius 2 is 2.19 bits per heavy atom. The Hall–Kier alpha value is -1.35. The fourth-order valence-corrected chi connectivity index (χ4v) is 2.00. The Balaban J connectivity index is 1.94. The predicted octanol–water partition coefficient (Wildman–Crippen LogP) is 1.80. The Labute approximate surface area is 96.0 Å². The van der Waals surface area contributed by atoms with E-state index < -0.39 is 0 Å². The molecule has 1 amide bonds. The van der Waals surface area contributed by atoms with Crippen molar-refractivity contribution in [1.82, 2.24) is 4.90 Å². The molecule has 1 aliphatic heterocycles. The molecule has 1 aromatic rings. The van der Waals surface area contributed by atoms with Crippen molar-refractivity contribution in [3.05, 3.63) is 35.9 Å². The van der Waals surface area contributed by atoms with Crippen molar-refractivity contribution < 1.29 is 9.53 Å². The van der Waals surface area contributed by atoms with Gasteiger partial charge in [-0.3, -0.25) is 4.79 Å². The molecule has 0 N–H and O–H groups in total. The third kappa shape index (κ3) is 2.61. The van der Waals surface area contributed by atoms with Crippen LogP contribution in [0.1, 0.15) is 16.8 Å². The summed E-state index contributed by atoms with van der Waals surface area (Å²) in [5, 5.41) is 0. The lowest BCUT2D eigenvalue weighted by Gasteiger charge is -2.20. The van der Waals surface area contributed by atoms with E-state index in [9.17, 15) is 4.79 Å². The molecule has 0 saturated carbocycles.